The maximum Gasteiger partial charge on any atom is 0.268 e. The van der Waals surface area contributed by atoms with Crippen LogP contribution < -0.4 is 14.4 Å². The number of ether oxygens (including phenoxy) is 2. The van der Waals surface area contributed by atoms with Gasteiger partial charge < -0.3 is 24.3 Å². The highest BCUT2D eigenvalue weighted by Crippen LogP contribution is 2.40. The fourth-order valence-electron chi connectivity index (χ4n) is 3.27. The molecular weight excluding hydrogens is 356 g/mol. The molecule has 2 aliphatic heterocycles. The van der Waals surface area contributed by atoms with Crippen LogP contribution in [0.5, 0.6) is 11.5 Å². The van der Waals surface area contributed by atoms with Crippen molar-refractivity contribution < 1.29 is 14.3 Å². The van der Waals surface area contributed by atoms with Crippen molar-refractivity contribution in [2.45, 2.75) is 0 Å². The Hall–Kier alpha value is -2.88. The van der Waals surface area contributed by atoms with Gasteiger partial charge in [-0.25, -0.2) is 15.0 Å². The largest absolute Gasteiger partial charge is 0.485 e. The number of piperazine rings is 1. The first-order valence-electron chi connectivity index (χ1n) is 8.36. The number of rotatable bonds is 2. The summed E-state index contributed by atoms with van der Waals surface area (Å²) in [5.74, 6) is 2.08. The third-order valence-electron chi connectivity index (χ3n) is 4.56. The molecular formula is C16H16N6O3S. The summed E-state index contributed by atoms with van der Waals surface area (Å²) >= 11 is 1.38. The minimum atomic E-state index is -0.00391. The molecule has 1 amide bonds. The van der Waals surface area contributed by atoms with Crippen molar-refractivity contribution in [1.82, 2.24) is 24.8 Å². The highest BCUT2D eigenvalue weighted by molar-refractivity contribution is 7.12. The van der Waals surface area contributed by atoms with E-state index >= 15 is 0 Å². The number of hydrogen-bond acceptors (Lipinski definition) is 8. The van der Waals surface area contributed by atoms with E-state index in [4.69, 9.17) is 9.47 Å². The van der Waals surface area contributed by atoms with Crippen LogP contribution in [0.25, 0.3) is 11.2 Å². The van der Waals surface area contributed by atoms with Gasteiger partial charge in [0.25, 0.3) is 5.91 Å². The standard InChI is InChI=1S/C16H16N6O3S/c23-16(13-12-10(7-26-13)24-5-6-25-12)22-3-1-21(2-4-22)15-11-14(18-8-17-11)19-9-20-15/h7-9H,1-6H2,(H,17,18,19,20). The molecule has 0 unspecified atom stereocenters. The predicted molar refractivity (Wildman–Crippen MR) is 95.1 cm³/mol. The summed E-state index contributed by atoms with van der Waals surface area (Å²) in [6, 6.07) is 0. The van der Waals surface area contributed by atoms with Gasteiger partial charge in [-0.1, -0.05) is 0 Å². The minimum Gasteiger partial charge on any atom is -0.485 e. The predicted octanol–water partition coefficient (Wildman–Crippen LogP) is 1.15. The van der Waals surface area contributed by atoms with Crippen LogP contribution in [0.4, 0.5) is 5.82 Å². The van der Waals surface area contributed by atoms with E-state index in [1.165, 1.54) is 17.7 Å². The number of aromatic nitrogens is 4. The molecule has 9 nitrogen and oxygen atoms in total. The Kier molecular flexibility index (Phi) is 3.63. The molecule has 1 saturated heterocycles. The van der Waals surface area contributed by atoms with Crippen molar-refractivity contribution in [2.75, 3.05) is 44.3 Å². The van der Waals surface area contributed by atoms with Gasteiger partial charge in [-0.3, -0.25) is 4.79 Å². The zero-order valence-corrected chi connectivity index (χ0v) is 14.7. The average molecular weight is 372 g/mol. The molecule has 10 heteroatoms. The third kappa shape index (κ3) is 2.45. The number of amides is 1. The van der Waals surface area contributed by atoms with Gasteiger partial charge in [0.05, 0.1) is 6.33 Å². The first-order chi connectivity index (χ1) is 12.8. The fourth-order valence-corrected chi connectivity index (χ4v) is 4.16. The Bertz CT molecular complexity index is 962. The second kappa shape index (κ2) is 6.13. The highest BCUT2D eigenvalue weighted by atomic mass is 32.1. The molecule has 1 N–H and O–H groups in total. The quantitative estimate of drug-likeness (QED) is 0.721. The lowest BCUT2D eigenvalue weighted by atomic mass is 10.2. The molecule has 2 aliphatic rings. The molecule has 0 aromatic carbocycles. The number of nitrogens with zero attached hydrogens (tertiary/aromatic N) is 5. The molecule has 5 rings (SSSR count). The van der Waals surface area contributed by atoms with E-state index in [-0.39, 0.29) is 5.91 Å². The van der Waals surface area contributed by atoms with Crippen LogP contribution in [-0.4, -0.2) is 70.1 Å². The Morgan fingerprint density at radius 2 is 1.96 bits per heavy atom. The first kappa shape index (κ1) is 15.4. The monoisotopic (exact) mass is 372 g/mol. The van der Waals surface area contributed by atoms with Gasteiger partial charge >= 0.3 is 0 Å². The molecule has 0 atom stereocenters. The van der Waals surface area contributed by atoms with Crippen molar-refractivity contribution in [3.63, 3.8) is 0 Å². The molecule has 0 bridgehead atoms. The molecule has 0 saturated carbocycles. The van der Waals surface area contributed by atoms with Crippen LogP contribution in [-0.2, 0) is 0 Å². The number of imidazole rings is 1. The SMILES string of the molecule is O=C(c1scc2c1OCCO2)N1CCN(c2ncnc3nc[nH]c23)CC1. The summed E-state index contributed by atoms with van der Waals surface area (Å²) in [4.78, 5) is 33.3. The lowest BCUT2D eigenvalue weighted by Crippen LogP contribution is -2.49. The number of aromatic amines is 1. The van der Waals surface area contributed by atoms with Crippen molar-refractivity contribution >= 4 is 34.2 Å². The Morgan fingerprint density at radius 3 is 2.85 bits per heavy atom. The molecule has 26 heavy (non-hydrogen) atoms. The van der Waals surface area contributed by atoms with Gasteiger partial charge in [0.2, 0.25) is 0 Å². The van der Waals surface area contributed by atoms with Crippen molar-refractivity contribution in [2.24, 2.45) is 0 Å². The van der Waals surface area contributed by atoms with E-state index in [1.807, 2.05) is 10.3 Å². The van der Waals surface area contributed by atoms with Crippen molar-refractivity contribution in [3.8, 4) is 11.5 Å². The Labute approximate surface area is 152 Å². The minimum absolute atomic E-state index is 0.00391. The van der Waals surface area contributed by atoms with Gasteiger partial charge in [-0.15, -0.1) is 11.3 Å². The highest BCUT2D eigenvalue weighted by Gasteiger charge is 2.29. The number of nitrogens with one attached hydrogen (secondary N) is 1. The lowest BCUT2D eigenvalue weighted by Gasteiger charge is -2.35. The first-order valence-corrected chi connectivity index (χ1v) is 9.24. The van der Waals surface area contributed by atoms with Crippen LogP contribution in [0.15, 0.2) is 18.0 Å². The lowest BCUT2D eigenvalue weighted by molar-refractivity contribution is 0.0743. The maximum atomic E-state index is 12.9. The topological polar surface area (TPSA) is 96.5 Å². The van der Waals surface area contributed by atoms with E-state index in [2.05, 4.69) is 24.8 Å². The molecule has 3 aromatic rings. The van der Waals surface area contributed by atoms with Gasteiger partial charge in [0.1, 0.15) is 29.9 Å². The zero-order chi connectivity index (χ0) is 17.5. The second-order valence-electron chi connectivity index (χ2n) is 6.03. The maximum absolute atomic E-state index is 12.9. The average Bonchev–Trinajstić information content (AvgIpc) is 3.34. The van der Waals surface area contributed by atoms with E-state index in [9.17, 15) is 4.79 Å². The van der Waals surface area contributed by atoms with Gasteiger partial charge in [0, 0.05) is 31.6 Å². The number of H-pyrrole nitrogens is 1. The Morgan fingerprint density at radius 1 is 1.12 bits per heavy atom. The number of carbonyl (C=O) groups excluding carboxylic acids is 1. The summed E-state index contributed by atoms with van der Waals surface area (Å²) in [6.45, 7) is 3.63. The van der Waals surface area contributed by atoms with Crippen molar-refractivity contribution in [3.05, 3.63) is 22.9 Å². The third-order valence-corrected chi connectivity index (χ3v) is 5.49. The summed E-state index contributed by atoms with van der Waals surface area (Å²) in [5.41, 5.74) is 1.47. The smallest absolute Gasteiger partial charge is 0.268 e. The summed E-state index contributed by atoms with van der Waals surface area (Å²) in [7, 11) is 0. The van der Waals surface area contributed by atoms with Gasteiger partial charge in [-0.2, -0.15) is 0 Å². The van der Waals surface area contributed by atoms with E-state index in [1.54, 1.807) is 6.33 Å². The number of carbonyl (C=O) groups is 1. The molecule has 5 heterocycles. The Balaban J connectivity index is 1.32. The molecule has 0 aliphatic carbocycles. The summed E-state index contributed by atoms with van der Waals surface area (Å²) in [5, 5.41) is 1.84. The van der Waals surface area contributed by atoms with Gasteiger partial charge in [-0.05, 0) is 0 Å². The van der Waals surface area contributed by atoms with Crippen LogP contribution in [0.3, 0.4) is 0 Å². The van der Waals surface area contributed by atoms with E-state index in [0.717, 1.165) is 11.3 Å². The number of anilines is 1. The van der Waals surface area contributed by atoms with Crippen LogP contribution >= 0.6 is 11.3 Å². The zero-order valence-electron chi connectivity index (χ0n) is 13.8. The number of fused-ring (bicyclic) bond motifs is 2. The van der Waals surface area contributed by atoms with Crippen LogP contribution in [0.2, 0.25) is 0 Å². The van der Waals surface area contributed by atoms with E-state index < -0.39 is 0 Å². The van der Waals surface area contributed by atoms with E-state index in [0.29, 0.717) is 61.4 Å². The molecule has 3 aromatic heterocycles. The van der Waals surface area contributed by atoms with Crippen molar-refractivity contribution in [1.29, 1.82) is 0 Å². The number of thiophene rings is 1. The molecule has 1 fully saturated rings. The normalized spacial score (nSPS) is 16.9. The summed E-state index contributed by atoms with van der Waals surface area (Å²) in [6.07, 6.45) is 3.13. The fraction of sp³-hybridized carbons (Fsp3) is 0.375. The van der Waals surface area contributed by atoms with Crippen LogP contribution in [0.1, 0.15) is 9.67 Å². The van der Waals surface area contributed by atoms with Gasteiger partial charge in [0.15, 0.2) is 23.0 Å². The summed E-state index contributed by atoms with van der Waals surface area (Å²) < 4.78 is 11.2. The molecule has 134 valence electrons. The molecule has 0 radical (unpaired) electrons. The molecule has 0 spiro atoms. The number of hydrogen-bond donors (Lipinski definition) is 1. The second-order valence-corrected chi connectivity index (χ2v) is 6.91. The van der Waals surface area contributed by atoms with Crippen LogP contribution in [0, 0.1) is 0 Å².